The van der Waals surface area contributed by atoms with Crippen molar-refractivity contribution in [3.63, 3.8) is 0 Å². The maximum absolute atomic E-state index is 12.2. The minimum Gasteiger partial charge on any atom is -0.494 e. The van der Waals surface area contributed by atoms with Gasteiger partial charge in [0, 0.05) is 12.0 Å². The van der Waals surface area contributed by atoms with Crippen LogP contribution in [0.4, 0.5) is 0 Å². The Morgan fingerprint density at radius 1 is 1.21 bits per heavy atom. The van der Waals surface area contributed by atoms with Crippen molar-refractivity contribution in [2.24, 2.45) is 11.3 Å². The Hall–Kier alpha value is -1.31. The summed E-state index contributed by atoms with van der Waals surface area (Å²) in [6.45, 7) is 11.4. The molecule has 2 nitrogen and oxygen atoms in total. The minimum absolute atomic E-state index is 0.222. The van der Waals surface area contributed by atoms with Gasteiger partial charge in [0.05, 0.1) is 6.61 Å². The van der Waals surface area contributed by atoms with Crippen LogP contribution in [-0.2, 0) is 0 Å². The van der Waals surface area contributed by atoms with Crippen LogP contribution in [0.15, 0.2) is 24.3 Å². The summed E-state index contributed by atoms with van der Waals surface area (Å²) < 4.78 is 5.38. The smallest absolute Gasteiger partial charge is 0.163 e. The second-order valence-corrected chi connectivity index (χ2v) is 6.45. The van der Waals surface area contributed by atoms with E-state index in [1.165, 1.54) is 0 Å². The molecule has 0 radical (unpaired) electrons. The highest BCUT2D eigenvalue weighted by Crippen LogP contribution is 2.27. The molecule has 0 aromatic heterocycles. The first-order valence-electron chi connectivity index (χ1n) is 7.08. The predicted molar refractivity (Wildman–Crippen MR) is 79.8 cm³/mol. The van der Waals surface area contributed by atoms with Crippen LogP contribution in [-0.4, -0.2) is 12.4 Å². The Kier molecular flexibility index (Phi) is 5.59. The van der Waals surface area contributed by atoms with Crippen molar-refractivity contribution in [3.05, 3.63) is 29.8 Å². The second-order valence-electron chi connectivity index (χ2n) is 6.45. The molecule has 0 aliphatic rings. The van der Waals surface area contributed by atoms with E-state index in [-0.39, 0.29) is 11.2 Å². The monoisotopic (exact) mass is 262 g/mol. The van der Waals surface area contributed by atoms with Gasteiger partial charge in [0.2, 0.25) is 0 Å². The third-order valence-corrected chi connectivity index (χ3v) is 2.98. The summed E-state index contributed by atoms with van der Waals surface area (Å²) >= 11 is 0. The highest BCUT2D eigenvalue weighted by Gasteiger charge is 2.18. The van der Waals surface area contributed by atoms with Crippen molar-refractivity contribution < 1.29 is 9.53 Å². The van der Waals surface area contributed by atoms with Crippen molar-refractivity contribution >= 4 is 5.78 Å². The van der Waals surface area contributed by atoms with Gasteiger partial charge in [0.15, 0.2) is 5.78 Å². The average Bonchev–Trinajstić information content (AvgIpc) is 2.27. The Morgan fingerprint density at radius 3 is 2.26 bits per heavy atom. The standard InChI is InChI=1S/C17H26O2/c1-6-19-15-9-7-14(8-10-15)16(18)11-13(2)12-17(3,4)5/h7-10,13H,6,11-12H2,1-5H3. The van der Waals surface area contributed by atoms with Gasteiger partial charge in [-0.1, -0.05) is 27.7 Å². The molecule has 0 bridgehead atoms. The quantitative estimate of drug-likeness (QED) is 0.693. The van der Waals surface area contributed by atoms with Gasteiger partial charge in [-0.2, -0.15) is 0 Å². The SMILES string of the molecule is CCOc1ccc(C(=O)CC(C)CC(C)(C)C)cc1. The van der Waals surface area contributed by atoms with E-state index in [9.17, 15) is 4.79 Å². The zero-order valence-electron chi connectivity index (χ0n) is 12.8. The van der Waals surface area contributed by atoms with Crippen molar-refractivity contribution in [2.45, 2.75) is 47.5 Å². The molecule has 0 saturated carbocycles. The molecule has 0 saturated heterocycles. The van der Waals surface area contributed by atoms with Gasteiger partial charge in [0.25, 0.3) is 0 Å². The number of ether oxygens (including phenoxy) is 1. The van der Waals surface area contributed by atoms with Crippen LogP contribution >= 0.6 is 0 Å². The maximum Gasteiger partial charge on any atom is 0.163 e. The van der Waals surface area contributed by atoms with Crippen LogP contribution in [0.2, 0.25) is 0 Å². The first kappa shape index (κ1) is 15.7. The third-order valence-electron chi connectivity index (χ3n) is 2.98. The summed E-state index contributed by atoms with van der Waals surface area (Å²) in [5.41, 5.74) is 1.06. The topological polar surface area (TPSA) is 26.3 Å². The first-order chi connectivity index (χ1) is 8.81. The molecule has 1 rings (SSSR count). The van der Waals surface area contributed by atoms with Crippen LogP contribution in [0.3, 0.4) is 0 Å². The van der Waals surface area contributed by atoms with E-state index >= 15 is 0 Å². The molecule has 1 unspecified atom stereocenters. The predicted octanol–water partition coefficient (Wildman–Crippen LogP) is 4.73. The molecule has 0 N–H and O–H groups in total. The number of rotatable bonds is 6. The maximum atomic E-state index is 12.2. The van der Waals surface area contributed by atoms with E-state index in [1.807, 2.05) is 31.2 Å². The highest BCUT2D eigenvalue weighted by molar-refractivity contribution is 5.96. The number of benzene rings is 1. The fourth-order valence-corrected chi connectivity index (χ4v) is 2.46. The first-order valence-corrected chi connectivity index (χ1v) is 7.08. The second kappa shape index (κ2) is 6.74. The fourth-order valence-electron chi connectivity index (χ4n) is 2.46. The molecule has 0 spiro atoms. The minimum atomic E-state index is 0.222. The van der Waals surface area contributed by atoms with E-state index < -0.39 is 0 Å². The summed E-state index contributed by atoms with van der Waals surface area (Å²) in [6.07, 6.45) is 1.68. The Morgan fingerprint density at radius 2 is 1.79 bits per heavy atom. The van der Waals surface area contributed by atoms with E-state index in [1.54, 1.807) is 0 Å². The van der Waals surface area contributed by atoms with Gasteiger partial charge in [-0.05, 0) is 48.9 Å². The zero-order valence-corrected chi connectivity index (χ0v) is 12.8. The summed E-state index contributed by atoms with van der Waals surface area (Å²) in [5, 5.41) is 0. The van der Waals surface area contributed by atoms with Crippen molar-refractivity contribution in [1.29, 1.82) is 0 Å². The van der Waals surface area contributed by atoms with Gasteiger partial charge < -0.3 is 4.74 Å². The van der Waals surface area contributed by atoms with Crippen molar-refractivity contribution in [1.82, 2.24) is 0 Å². The zero-order chi connectivity index (χ0) is 14.5. The molecule has 0 fully saturated rings. The molecular weight excluding hydrogens is 236 g/mol. The fraction of sp³-hybridized carbons (Fsp3) is 0.588. The average molecular weight is 262 g/mol. The summed E-state index contributed by atoms with van der Waals surface area (Å²) in [6, 6.07) is 7.45. The van der Waals surface area contributed by atoms with Crippen LogP contribution in [0.1, 0.15) is 57.8 Å². The van der Waals surface area contributed by atoms with Gasteiger partial charge >= 0.3 is 0 Å². The number of carbonyl (C=O) groups excluding carboxylic acids is 1. The number of carbonyl (C=O) groups is 1. The molecule has 0 aliphatic carbocycles. The van der Waals surface area contributed by atoms with Crippen LogP contribution in [0.5, 0.6) is 5.75 Å². The van der Waals surface area contributed by atoms with Gasteiger partial charge in [-0.25, -0.2) is 0 Å². The normalized spacial score (nSPS) is 13.1. The van der Waals surface area contributed by atoms with Crippen LogP contribution in [0.25, 0.3) is 0 Å². The number of ketones is 1. The molecule has 1 atom stereocenters. The van der Waals surface area contributed by atoms with E-state index in [0.717, 1.165) is 17.7 Å². The van der Waals surface area contributed by atoms with Gasteiger partial charge in [0.1, 0.15) is 5.75 Å². The third kappa shape index (κ3) is 5.91. The molecule has 0 amide bonds. The Labute approximate surface area is 117 Å². The number of hydrogen-bond donors (Lipinski definition) is 0. The van der Waals surface area contributed by atoms with Crippen LogP contribution < -0.4 is 4.74 Å². The van der Waals surface area contributed by atoms with E-state index in [4.69, 9.17) is 4.74 Å². The molecule has 0 heterocycles. The Balaban J connectivity index is 2.58. The van der Waals surface area contributed by atoms with Gasteiger partial charge in [-0.15, -0.1) is 0 Å². The summed E-state index contributed by atoms with van der Waals surface area (Å²) in [7, 11) is 0. The van der Waals surface area contributed by atoms with Crippen LogP contribution in [0, 0.1) is 11.3 Å². The van der Waals surface area contributed by atoms with Crippen molar-refractivity contribution in [2.75, 3.05) is 6.61 Å². The lowest BCUT2D eigenvalue weighted by Gasteiger charge is -2.22. The summed E-state index contributed by atoms with van der Waals surface area (Å²) in [4.78, 5) is 12.2. The van der Waals surface area contributed by atoms with Gasteiger partial charge in [-0.3, -0.25) is 4.79 Å². The Bertz CT molecular complexity index is 398. The molecule has 0 aliphatic heterocycles. The number of hydrogen-bond acceptors (Lipinski definition) is 2. The van der Waals surface area contributed by atoms with E-state index in [2.05, 4.69) is 27.7 Å². The molecular formula is C17H26O2. The molecule has 1 aromatic rings. The molecule has 2 heteroatoms. The summed E-state index contributed by atoms with van der Waals surface area (Å²) in [5.74, 6) is 1.46. The lowest BCUT2D eigenvalue weighted by Crippen LogP contribution is -2.14. The lowest BCUT2D eigenvalue weighted by atomic mass is 9.83. The number of Topliss-reactive ketones (excluding diaryl/α,β-unsaturated/α-hetero) is 1. The van der Waals surface area contributed by atoms with Crippen molar-refractivity contribution in [3.8, 4) is 5.75 Å². The highest BCUT2D eigenvalue weighted by atomic mass is 16.5. The van der Waals surface area contributed by atoms with E-state index in [0.29, 0.717) is 18.9 Å². The molecule has 19 heavy (non-hydrogen) atoms. The lowest BCUT2D eigenvalue weighted by molar-refractivity contribution is 0.0954. The largest absolute Gasteiger partial charge is 0.494 e. The molecule has 106 valence electrons. The molecule has 1 aromatic carbocycles.